The molecule has 0 aliphatic carbocycles. The van der Waals surface area contributed by atoms with Gasteiger partial charge in [0.15, 0.2) is 5.76 Å². The Kier molecular flexibility index (Phi) is 7.50. The number of ketones is 1. The molecule has 1 fully saturated rings. The molecule has 3 aromatic rings. The Morgan fingerprint density at radius 2 is 1.71 bits per heavy atom. The molecule has 0 unspecified atom stereocenters. The van der Waals surface area contributed by atoms with Gasteiger partial charge in [0.25, 0.3) is 0 Å². The number of allylic oxidation sites excluding steroid dienone is 1. The number of likely N-dealkylation sites (tertiary alicyclic amines) is 1. The van der Waals surface area contributed by atoms with Gasteiger partial charge in [-0.1, -0.05) is 46.6 Å². The van der Waals surface area contributed by atoms with Crippen LogP contribution in [0.2, 0.25) is 0 Å². The van der Waals surface area contributed by atoms with Crippen LogP contribution in [0, 0.1) is 0 Å². The fraction of sp³-hybridized carbons (Fsp3) is 0.276. The van der Waals surface area contributed by atoms with E-state index >= 15 is 0 Å². The number of rotatable bonds is 8. The molecule has 5 rings (SSSR count). The number of hydrogen-bond donors (Lipinski definition) is 0. The predicted molar refractivity (Wildman–Crippen MR) is 140 cm³/mol. The maximum Gasteiger partial charge on any atom is 0.231 e. The second-order valence-corrected chi connectivity index (χ2v) is 9.75. The van der Waals surface area contributed by atoms with Gasteiger partial charge in [0.05, 0.1) is 5.56 Å². The lowest BCUT2D eigenvalue weighted by molar-refractivity contribution is 0.101. The molecule has 2 aliphatic heterocycles. The molecule has 180 valence electrons. The molecule has 3 aromatic carbocycles. The van der Waals surface area contributed by atoms with Crippen molar-refractivity contribution in [3.8, 4) is 17.2 Å². The van der Waals surface area contributed by atoms with Crippen molar-refractivity contribution < 1.29 is 19.0 Å². The van der Waals surface area contributed by atoms with Crippen molar-refractivity contribution in [2.24, 2.45) is 0 Å². The lowest BCUT2D eigenvalue weighted by atomic mass is 10.1. The first-order valence-corrected chi connectivity index (χ1v) is 12.8. The normalized spacial score (nSPS) is 16.7. The molecule has 0 N–H and O–H groups in total. The zero-order valence-corrected chi connectivity index (χ0v) is 21.1. The maximum atomic E-state index is 12.9. The summed E-state index contributed by atoms with van der Waals surface area (Å²) in [6, 6.07) is 21.1. The van der Waals surface area contributed by atoms with Gasteiger partial charge in [0.2, 0.25) is 5.78 Å². The smallest absolute Gasteiger partial charge is 0.231 e. The molecule has 0 amide bonds. The fourth-order valence-electron chi connectivity index (χ4n) is 4.33. The number of piperidine rings is 1. The van der Waals surface area contributed by atoms with E-state index in [9.17, 15) is 4.79 Å². The Morgan fingerprint density at radius 3 is 2.54 bits per heavy atom. The second kappa shape index (κ2) is 11.1. The summed E-state index contributed by atoms with van der Waals surface area (Å²) in [5.74, 6) is 2.17. The van der Waals surface area contributed by atoms with E-state index in [2.05, 4.69) is 20.8 Å². The molecule has 0 atom stereocenters. The summed E-state index contributed by atoms with van der Waals surface area (Å²) in [7, 11) is 0. The van der Waals surface area contributed by atoms with E-state index in [0.29, 0.717) is 30.3 Å². The van der Waals surface area contributed by atoms with E-state index in [1.807, 2.05) is 60.7 Å². The summed E-state index contributed by atoms with van der Waals surface area (Å²) in [5, 5.41) is 0. The summed E-state index contributed by atoms with van der Waals surface area (Å²) in [4.78, 5) is 15.3. The minimum absolute atomic E-state index is 0.124. The molecule has 6 heteroatoms. The van der Waals surface area contributed by atoms with Gasteiger partial charge in [-0.05, 0) is 79.5 Å². The van der Waals surface area contributed by atoms with Gasteiger partial charge in [-0.25, -0.2) is 0 Å². The van der Waals surface area contributed by atoms with Crippen LogP contribution in [0.5, 0.6) is 17.2 Å². The van der Waals surface area contributed by atoms with Gasteiger partial charge >= 0.3 is 0 Å². The first kappa shape index (κ1) is 23.6. The minimum atomic E-state index is -0.124. The molecule has 2 aliphatic rings. The molecule has 0 radical (unpaired) electrons. The van der Waals surface area contributed by atoms with Crippen molar-refractivity contribution in [3.05, 3.63) is 93.7 Å². The number of ether oxygens (including phenoxy) is 3. The van der Waals surface area contributed by atoms with Crippen molar-refractivity contribution in [1.29, 1.82) is 0 Å². The van der Waals surface area contributed by atoms with E-state index in [4.69, 9.17) is 14.2 Å². The van der Waals surface area contributed by atoms with Crippen molar-refractivity contribution in [2.75, 3.05) is 26.2 Å². The van der Waals surface area contributed by atoms with Gasteiger partial charge < -0.3 is 14.2 Å². The van der Waals surface area contributed by atoms with Crippen LogP contribution < -0.4 is 14.2 Å². The average Bonchev–Trinajstić information content (AvgIpc) is 3.19. The van der Waals surface area contributed by atoms with Crippen LogP contribution in [-0.4, -0.2) is 36.9 Å². The number of hydrogen-bond acceptors (Lipinski definition) is 5. The lowest BCUT2D eigenvalue weighted by Gasteiger charge is -2.26. The minimum Gasteiger partial charge on any atom is -0.492 e. The van der Waals surface area contributed by atoms with Gasteiger partial charge in [-0.15, -0.1) is 0 Å². The van der Waals surface area contributed by atoms with Gasteiger partial charge in [0, 0.05) is 17.1 Å². The number of fused-ring (bicyclic) bond motifs is 1. The second-order valence-electron chi connectivity index (χ2n) is 8.84. The molecule has 35 heavy (non-hydrogen) atoms. The Bertz CT molecular complexity index is 1220. The molecular formula is C29H28BrNO4. The summed E-state index contributed by atoms with van der Waals surface area (Å²) in [6.07, 6.45) is 5.62. The number of carbonyl (C=O) groups is 1. The monoisotopic (exact) mass is 533 g/mol. The molecule has 0 saturated carbocycles. The van der Waals surface area contributed by atoms with Crippen LogP contribution in [0.15, 0.2) is 77.0 Å². The number of Topliss-reactive ketones (excluding diaryl/α,β-unsaturated/α-hetero) is 1. The molecular weight excluding hydrogens is 506 g/mol. The Balaban J connectivity index is 1.20. The van der Waals surface area contributed by atoms with Crippen molar-refractivity contribution >= 4 is 27.8 Å². The summed E-state index contributed by atoms with van der Waals surface area (Å²) in [6.45, 7) is 4.31. The van der Waals surface area contributed by atoms with Crippen molar-refractivity contribution in [2.45, 2.75) is 25.9 Å². The molecule has 5 nitrogen and oxygen atoms in total. The molecule has 0 bridgehead atoms. The van der Waals surface area contributed by atoms with E-state index in [1.165, 1.54) is 19.3 Å². The van der Waals surface area contributed by atoms with E-state index < -0.39 is 0 Å². The van der Waals surface area contributed by atoms with Crippen LogP contribution in [0.1, 0.15) is 40.7 Å². The van der Waals surface area contributed by atoms with Crippen LogP contribution >= 0.6 is 15.9 Å². The number of halogens is 1. The summed E-state index contributed by atoms with van der Waals surface area (Å²) >= 11 is 3.44. The highest BCUT2D eigenvalue weighted by molar-refractivity contribution is 9.10. The van der Waals surface area contributed by atoms with Crippen LogP contribution in [0.3, 0.4) is 0 Å². The average molecular weight is 534 g/mol. The van der Waals surface area contributed by atoms with Crippen LogP contribution in [-0.2, 0) is 6.61 Å². The summed E-state index contributed by atoms with van der Waals surface area (Å²) in [5.41, 5.74) is 2.48. The van der Waals surface area contributed by atoms with Gasteiger partial charge in [-0.3, -0.25) is 9.69 Å². The third kappa shape index (κ3) is 6.13. The quantitative estimate of drug-likeness (QED) is 0.309. The van der Waals surface area contributed by atoms with Crippen LogP contribution in [0.25, 0.3) is 6.08 Å². The number of carbonyl (C=O) groups excluding carboxylic acids is 1. The zero-order valence-electron chi connectivity index (χ0n) is 19.5. The molecule has 0 spiro atoms. The number of nitrogens with zero attached hydrogens (tertiary/aromatic N) is 1. The third-order valence-electron chi connectivity index (χ3n) is 6.24. The molecule has 1 saturated heterocycles. The topological polar surface area (TPSA) is 48.0 Å². The third-order valence-corrected chi connectivity index (χ3v) is 6.77. The highest BCUT2D eigenvalue weighted by Gasteiger charge is 2.27. The zero-order chi connectivity index (χ0) is 24.0. The van der Waals surface area contributed by atoms with Crippen LogP contribution in [0.4, 0.5) is 0 Å². The highest BCUT2D eigenvalue weighted by atomic mass is 79.9. The van der Waals surface area contributed by atoms with Crippen molar-refractivity contribution in [1.82, 2.24) is 4.90 Å². The largest absolute Gasteiger partial charge is 0.492 e. The summed E-state index contributed by atoms with van der Waals surface area (Å²) < 4.78 is 18.8. The highest BCUT2D eigenvalue weighted by Crippen LogP contribution is 2.35. The lowest BCUT2D eigenvalue weighted by Crippen LogP contribution is -2.33. The first-order valence-electron chi connectivity index (χ1n) is 12.0. The maximum absolute atomic E-state index is 12.9. The van der Waals surface area contributed by atoms with E-state index in [-0.39, 0.29) is 5.78 Å². The SMILES string of the molecule is O=C1/C(=C/c2cccc(OCc3ccc(Br)cc3)c2)Oc2cc(OCCN3CCCCC3)ccc21. The first-order chi connectivity index (χ1) is 17.1. The number of benzene rings is 3. The Labute approximate surface area is 214 Å². The fourth-order valence-corrected chi connectivity index (χ4v) is 4.59. The van der Waals surface area contributed by atoms with Gasteiger partial charge in [0.1, 0.15) is 30.5 Å². The van der Waals surface area contributed by atoms with Gasteiger partial charge in [-0.2, -0.15) is 0 Å². The molecule has 2 heterocycles. The standard InChI is InChI=1S/C29H28BrNO4/c30-23-9-7-21(8-10-23)20-34-24-6-4-5-22(17-24)18-28-29(32)26-12-11-25(19-27(26)35-28)33-16-15-31-13-2-1-3-14-31/h4-12,17-19H,1-3,13-16,20H2/b28-18-. The predicted octanol–water partition coefficient (Wildman–Crippen LogP) is 6.51. The van der Waals surface area contributed by atoms with Crippen molar-refractivity contribution in [3.63, 3.8) is 0 Å². The Morgan fingerprint density at radius 1 is 0.914 bits per heavy atom. The Hall–Kier alpha value is -3.09. The van der Waals surface area contributed by atoms with E-state index in [0.717, 1.165) is 46.7 Å². The molecule has 0 aromatic heterocycles. The van der Waals surface area contributed by atoms with E-state index in [1.54, 1.807) is 12.1 Å².